The standard InChI is InChI=1S/C4H10N2O/c1-6(2)4-5-7-3/h4H,1-3H3/b5-4+. The molecule has 0 bridgehead atoms. The fraction of sp³-hybridized carbons (Fsp3) is 0.750. The molecule has 0 fully saturated rings. The first-order valence-corrected chi connectivity index (χ1v) is 2.00. The van der Waals surface area contributed by atoms with Gasteiger partial charge in [0.2, 0.25) is 0 Å². The van der Waals surface area contributed by atoms with Gasteiger partial charge >= 0.3 is 0 Å². The van der Waals surface area contributed by atoms with Crippen LogP contribution in [0.25, 0.3) is 0 Å². The van der Waals surface area contributed by atoms with Crippen molar-refractivity contribution in [1.82, 2.24) is 4.90 Å². The van der Waals surface area contributed by atoms with E-state index in [1.807, 2.05) is 14.1 Å². The van der Waals surface area contributed by atoms with E-state index in [9.17, 15) is 0 Å². The molecule has 7 heavy (non-hydrogen) atoms. The zero-order chi connectivity index (χ0) is 5.70. The zero-order valence-corrected chi connectivity index (χ0v) is 4.88. The number of rotatable bonds is 2. The van der Waals surface area contributed by atoms with Gasteiger partial charge in [0, 0.05) is 14.1 Å². The fourth-order valence-corrected chi connectivity index (χ4v) is 0.141. The highest BCUT2D eigenvalue weighted by Gasteiger charge is 1.71. The number of oxime groups is 1. The zero-order valence-electron chi connectivity index (χ0n) is 4.88. The van der Waals surface area contributed by atoms with Crippen molar-refractivity contribution in [2.75, 3.05) is 21.2 Å². The Morgan fingerprint density at radius 2 is 2.14 bits per heavy atom. The van der Waals surface area contributed by atoms with Crippen LogP contribution in [0.15, 0.2) is 5.16 Å². The Morgan fingerprint density at radius 1 is 1.57 bits per heavy atom. The highest BCUT2D eigenvalue weighted by Crippen LogP contribution is 1.65. The SMILES string of the molecule is CO/N=C/N(C)C. The highest BCUT2D eigenvalue weighted by atomic mass is 16.6. The quantitative estimate of drug-likeness (QED) is 0.281. The number of hydrogen-bond acceptors (Lipinski definition) is 2. The smallest absolute Gasteiger partial charge is 0.130 e. The summed E-state index contributed by atoms with van der Waals surface area (Å²) in [6.07, 6.45) is 1.58. The van der Waals surface area contributed by atoms with Crippen molar-refractivity contribution in [1.29, 1.82) is 0 Å². The van der Waals surface area contributed by atoms with Gasteiger partial charge in [-0.3, -0.25) is 0 Å². The van der Waals surface area contributed by atoms with E-state index in [0.29, 0.717) is 0 Å². The van der Waals surface area contributed by atoms with Crippen LogP contribution in [0.4, 0.5) is 0 Å². The van der Waals surface area contributed by atoms with Crippen molar-refractivity contribution in [2.45, 2.75) is 0 Å². The lowest BCUT2D eigenvalue weighted by atomic mass is 11.0. The van der Waals surface area contributed by atoms with Crippen molar-refractivity contribution in [3.8, 4) is 0 Å². The molecule has 3 heteroatoms. The van der Waals surface area contributed by atoms with Gasteiger partial charge in [-0.2, -0.15) is 0 Å². The van der Waals surface area contributed by atoms with Crippen molar-refractivity contribution in [3.05, 3.63) is 0 Å². The van der Waals surface area contributed by atoms with Gasteiger partial charge in [-0.25, -0.2) is 0 Å². The van der Waals surface area contributed by atoms with Gasteiger partial charge in [0.15, 0.2) is 0 Å². The van der Waals surface area contributed by atoms with E-state index in [-0.39, 0.29) is 0 Å². The Kier molecular flexibility index (Phi) is 3.10. The number of nitrogens with zero attached hydrogens (tertiary/aromatic N) is 2. The van der Waals surface area contributed by atoms with E-state index in [1.54, 1.807) is 11.2 Å². The predicted octanol–water partition coefficient (Wildman–Crippen LogP) is 0.138. The van der Waals surface area contributed by atoms with Crippen LogP contribution in [0.2, 0.25) is 0 Å². The minimum atomic E-state index is 1.51. The lowest BCUT2D eigenvalue weighted by Crippen LogP contribution is -2.07. The Bertz CT molecular complexity index is 60.7. The molecule has 0 N–H and O–H groups in total. The Morgan fingerprint density at radius 3 is 2.29 bits per heavy atom. The Labute approximate surface area is 43.6 Å². The lowest BCUT2D eigenvalue weighted by Gasteiger charge is -1.99. The molecule has 3 nitrogen and oxygen atoms in total. The van der Waals surface area contributed by atoms with Crippen LogP contribution < -0.4 is 0 Å². The maximum Gasteiger partial charge on any atom is 0.130 e. The third-order valence-electron chi connectivity index (χ3n) is 0.383. The van der Waals surface area contributed by atoms with Crippen molar-refractivity contribution >= 4 is 6.34 Å². The minimum absolute atomic E-state index is 1.51. The first-order chi connectivity index (χ1) is 3.27. The van der Waals surface area contributed by atoms with Gasteiger partial charge in [0.1, 0.15) is 13.4 Å². The van der Waals surface area contributed by atoms with Gasteiger partial charge in [-0.1, -0.05) is 5.16 Å². The monoisotopic (exact) mass is 102 g/mol. The van der Waals surface area contributed by atoms with Crippen LogP contribution in [0.3, 0.4) is 0 Å². The summed E-state index contributed by atoms with van der Waals surface area (Å²) in [5, 5.41) is 3.47. The second-order valence-electron chi connectivity index (χ2n) is 1.37. The molecule has 0 aliphatic heterocycles. The largest absolute Gasteiger partial charge is 0.398 e. The summed E-state index contributed by atoms with van der Waals surface area (Å²) in [5.41, 5.74) is 0. The summed E-state index contributed by atoms with van der Waals surface area (Å²) in [4.78, 5) is 6.18. The molecule has 0 saturated carbocycles. The van der Waals surface area contributed by atoms with Gasteiger partial charge in [-0.05, 0) is 0 Å². The highest BCUT2D eigenvalue weighted by molar-refractivity contribution is 5.52. The second-order valence-corrected chi connectivity index (χ2v) is 1.37. The first kappa shape index (κ1) is 6.27. The summed E-state index contributed by atoms with van der Waals surface area (Å²) < 4.78 is 0. The molecule has 0 spiro atoms. The van der Waals surface area contributed by atoms with Crippen LogP contribution in [-0.2, 0) is 4.84 Å². The van der Waals surface area contributed by atoms with Crippen LogP contribution in [0.5, 0.6) is 0 Å². The molecule has 0 unspecified atom stereocenters. The first-order valence-electron chi connectivity index (χ1n) is 2.00. The molecule has 0 rings (SSSR count). The van der Waals surface area contributed by atoms with E-state index >= 15 is 0 Å². The van der Waals surface area contributed by atoms with Crippen LogP contribution in [0, 0.1) is 0 Å². The van der Waals surface area contributed by atoms with E-state index in [4.69, 9.17) is 0 Å². The molecule has 0 aliphatic rings. The second kappa shape index (κ2) is 3.46. The third kappa shape index (κ3) is 5.27. The normalized spacial score (nSPS) is 9.57. The minimum Gasteiger partial charge on any atom is -0.398 e. The molecule has 0 amide bonds. The molecule has 0 heterocycles. The summed E-state index contributed by atoms with van der Waals surface area (Å²) in [6.45, 7) is 0. The van der Waals surface area contributed by atoms with Gasteiger partial charge in [-0.15, -0.1) is 0 Å². The third-order valence-corrected chi connectivity index (χ3v) is 0.383. The summed E-state index contributed by atoms with van der Waals surface area (Å²) in [6, 6.07) is 0. The molecule has 0 aromatic heterocycles. The van der Waals surface area contributed by atoms with Crippen LogP contribution >= 0.6 is 0 Å². The predicted molar refractivity (Wildman–Crippen MR) is 29.2 cm³/mol. The molecule has 0 aliphatic carbocycles. The van der Waals surface area contributed by atoms with Crippen molar-refractivity contribution in [3.63, 3.8) is 0 Å². The van der Waals surface area contributed by atoms with Crippen LogP contribution in [0.1, 0.15) is 0 Å². The maximum absolute atomic E-state index is 4.38. The molecule has 0 aromatic rings. The molecule has 42 valence electrons. The van der Waals surface area contributed by atoms with E-state index in [0.717, 1.165) is 0 Å². The summed E-state index contributed by atoms with van der Waals surface area (Å²) in [5.74, 6) is 0. The van der Waals surface area contributed by atoms with Crippen molar-refractivity contribution < 1.29 is 4.84 Å². The van der Waals surface area contributed by atoms with E-state index < -0.39 is 0 Å². The Balaban J connectivity index is 3.08. The van der Waals surface area contributed by atoms with Gasteiger partial charge in [0.05, 0.1) is 0 Å². The van der Waals surface area contributed by atoms with E-state index in [1.165, 1.54) is 7.11 Å². The lowest BCUT2D eigenvalue weighted by molar-refractivity contribution is 0.211. The molecule has 0 radical (unpaired) electrons. The maximum atomic E-state index is 4.38. The topological polar surface area (TPSA) is 24.8 Å². The average Bonchev–Trinajstić information content (AvgIpc) is 1.61. The number of hydrogen-bond donors (Lipinski definition) is 0. The van der Waals surface area contributed by atoms with Gasteiger partial charge in [0.25, 0.3) is 0 Å². The van der Waals surface area contributed by atoms with Crippen molar-refractivity contribution in [2.24, 2.45) is 5.16 Å². The molecule has 0 atom stereocenters. The summed E-state index contributed by atoms with van der Waals surface area (Å²) >= 11 is 0. The summed E-state index contributed by atoms with van der Waals surface area (Å²) in [7, 11) is 5.27. The molecule has 0 saturated heterocycles. The molecular formula is C4H10N2O. The fourth-order valence-electron chi connectivity index (χ4n) is 0.141. The molecular weight excluding hydrogens is 92.1 g/mol. The average molecular weight is 102 g/mol. The van der Waals surface area contributed by atoms with Crippen LogP contribution in [-0.4, -0.2) is 32.4 Å². The van der Waals surface area contributed by atoms with E-state index in [2.05, 4.69) is 9.99 Å². The Hall–Kier alpha value is -0.730. The molecule has 0 aromatic carbocycles. The van der Waals surface area contributed by atoms with Gasteiger partial charge < -0.3 is 9.74 Å².